The maximum atomic E-state index is 10.9. The number of rotatable bonds is 0. The van der Waals surface area contributed by atoms with Crippen LogP contribution < -0.4 is 0 Å². The molecule has 6 nitrogen and oxygen atoms in total. The van der Waals surface area contributed by atoms with Crippen LogP contribution in [0.15, 0.2) is 0 Å². The number of hydrogen-bond donors (Lipinski definition) is 4. The molecule has 0 aromatic rings. The first-order chi connectivity index (χ1) is 5.95. The molecule has 6 heteroatoms. The summed E-state index contributed by atoms with van der Waals surface area (Å²) in [6.45, 7) is 1.04. The van der Waals surface area contributed by atoms with Gasteiger partial charge in [0.2, 0.25) is 5.91 Å². The Kier molecular flexibility index (Phi) is 2.87. The molecule has 0 spiro atoms. The van der Waals surface area contributed by atoms with E-state index in [0.29, 0.717) is 0 Å². The highest BCUT2D eigenvalue weighted by molar-refractivity contribution is 5.73. The van der Waals surface area contributed by atoms with Gasteiger partial charge in [-0.05, 0) is 0 Å². The van der Waals surface area contributed by atoms with Gasteiger partial charge in [-0.25, -0.2) is 0 Å². The summed E-state index contributed by atoms with van der Waals surface area (Å²) in [4.78, 5) is 11.8. The summed E-state index contributed by atoms with van der Waals surface area (Å²) in [5, 5.41) is 36.8. The van der Waals surface area contributed by atoms with E-state index in [-0.39, 0.29) is 6.54 Å². The van der Waals surface area contributed by atoms with Crippen molar-refractivity contribution >= 4 is 5.91 Å². The largest absolute Gasteiger partial charge is 0.388 e. The molecule has 76 valence electrons. The van der Waals surface area contributed by atoms with Gasteiger partial charge < -0.3 is 25.3 Å². The predicted molar refractivity (Wildman–Crippen MR) is 41.4 cm³/mol. The third-order valence-electron chi connectivity index (χ3n) is 2.16. The van der Waals surface area contributed by atoms with Crippen molar-refractivity contribution in [3.63, 3.8) is 0 Å². The lowest BCUT2D eigenvalue weighted by Crippen LogP contribution is -2.62. The predicted octanol–water partition coefficient (Wildman–Crippen LogP) is -2.75. The molecule has 4 N–H and O–H groups in total. The fourth-order valence-electron chi connectivity index (χ4n) is 1.32. The number of nitrogens with zero attached hydrogens (tertiary/aromatic N) is 1. The highest BCUT2D eigenvalue weighted by Gasteiger charge is 2.41. The van der Waals surface area contributed by atoms with Gasteiger partial charge in [0.05, 0.1) is 6.54 Å². The number of aliphatic hydroxyl groups excluding tert-OH is 4. The summed E-state index contributed by atoms with van der Waals surface area (Å²) in [6, 6.07) is 0. The number of amides is 1. The average molecular weight is 191 g/mol. The van der Waals surface area contributed by atoms with E-state index in [2.05, 4.69) is 0 Å². The van der Waals surface area contributed by atoms with Crippen molar-refractivity contribution in [2.45, 2.75) is 31.5 Å². The molecule has 0 radical (unpaired) electrons. The van der Waals surface area contributed by atoms with Gasteiger partial charge in [-0.1, -0.05) is 0 Å². The highest BCUT2D eigenvalue weighted by atomic mass is 16.4. The Bertz CT molecular complexity index is 209. The van der Waals surface area contributed by atoms with Crippen LogP contribution in [0, 0.1) is 0 Å². The van der Waals surface area contributed by atoms with E-state index < -0.39 is 30.4 Å². The molecule has 13 heavy (non-hydrogen) atoms. The second-order valence-corrected chi connectivity index (χ2v) is 3.13. The molecular weight excluding hydrogens is 178 g/mol. The highest BCUT2D eigenvalue weighted by Crippen LogP contribution is 2.16. The third-order valence-corrected chi connectivity index (χ3v) is 2.16. The topological polar surface area (TPSA) is 101 Å². The molecule has 1 heterocycles. The molecule has 0 aromatic carbocycles. The Balaban J connectivity index is 2.76. The van der Waals surface area contributed by atoms with Crippen LogP contribution >= 0.6 is 0 Å². The first-order valence-corrected chi connectivity index (χ1v) is 3.94. The van der Waals surface area contributed by atoms with E-state index in [4.69, 9.17) is 5.11 Å². The monoisotopic (exact) mass is 191 g/mol. The van der Waals surface area contributed by atoms with Crippen LogP contribution in [-0.2, 0) is 4.79 Å². The standard InChI is InChI=1S/C7H13NO5/c1-3(9)8-2-4(10)5(11)6(12)7(8)13/h4-7,10-13H,2H2,1H3/t4-,5+,6+,7-/m1/s1. The molecule has 1 fully saturated rings. The molecule has 4 atom stereocenters. The van der Waals surface area contributed by atoms with E-state index >= 15 is 0 Å². The van der Waals surface area contributed by atoms with Crippen molar-refractivity contribution in [2.24, 2.45) is 0 Å². The van der Waals surface area contributed by atoms with Crippen molar-refractivity contribution in [1.82, 2.24) is 4.90 Å². The summed E-state index contributed by atoms with van der Waals surface area (Å²) in [5.74, 6) is -0.461. The number of hydrogen-bond acceptors (Lipinski definition) is 5. The minimum absolute atomic E-state index is 0.172. The van der Waals surface area contributed by atoms with Gasteiger partial charge >= 0.3 is 0 Å². The quantitative estimate of drug-likeness (QED) is 0.332. The number of β-amino-alcohol motifs (C(OH)–C–C–N with tert-alkyl or cyclic N) is 1. The van der Waals surface area contributed by atoms with Gasteiger partial charge in [0.15, 0.2) is 6.23 Å². The second-order valence-electron chi connectivity index (χ2n) is 3.13. The molecule has 0 saturated carbocycles. The minimum atomic E-state index is -1.52. The van der Waals surface area contributed by atoms with Crippen LogP contribution in [0.25, 0.3) is 0 Å². The summed E-state index contributed by atoms with van der Waals surface area (Å²) >= 11 is 0. The van der Waals surface area contributed by atoms with E-state index in [1.165, 1.54) is 6.92 Å². The third kappa shape index (κ3) is 1.80. The van der Waals surface area contributed by atoms with E-state index in [1.807, 2.05) is 0 Å². The van der Waals surface area contributed by atoms with Gasteiger partial charge in [0.1, 0.15) is 18.3 Å². The van der Waals surface area contributed by atoms with Gasteiger partial charge in [0.25, 0.3) is 0 Å². The second kappa shape index (κ2) is 3.59. The molecular formula is C7H13NO5. The van der Waals surface area contributed by atoms with Crippen LogP contribution in [0.4, 0.5) is 0 Å². The smallest absolute Gasteiger partial charge is 0.221 e. The Morgan fingerprint density at radius 3 is 2.23 bits per heavy atom. The van der Waals surface area contributed by atoms with E-state index in [0.717, 1.165) is 4.90 Å². The average Bonchev–Trinajstić information content (AvgIpc) is 2.07. The zero-order valence-corrected chi connectivity index (χ0v) is 7.16. The fraction of sp³-hybridized carbons (Fsp3) is 0.857. The Labute approximate surface area is 75.0 Å². The summed E-state index contributed by atoms with van der Waals surface area (Å²) < 4.78 is 0. The number of carbonyl (C=O) groups is 1. The molecule has 0 bridgehead atoms. The molecule has 1 amide bonds. The van der Waals surface area contributed by atoms with Crippen LogP contribution in [0.1, 0.15) is 6.92 Å². The van der Waals surface area contributed by atoms with Gasteiger partial charge in [-0.15, -0.1) is 0 Å². The zero-order valence-electron chi connectivity index (χ0n) is 7.16. The SMILES string of the molecule is CC(=O)N1C[C@@H](O)[C@H](O)[C@H](O)[C@H]1O. The fourth-order valence-corrected chi connectivity index (χ4v) is 1.32. The Morgan fingerprint density at radius 2 is 1.77 bits per heavy atom. The molecule has 1 rings (SSSR count). The summed E-state index contributed by atoms with van der Waals surface area (Å²) in [7, 11) is 0. The Morgan fingerprint density at radius 1 is 1.23 bits per heavy atom. The molecule has 1 saturated heterocycles. The maximum absolute atomic E-state index is 10.9. The number of aliphatic hydroxyl groups is 4. The molecule has 1 aliphatic rings. The Hall–Kier alpha value is -0.690. The first-order valence-electron chi connectivity index (χ1n) is 3.94. The van der Waals surface area contributed by atoms with Crippen LogP contribution in [0.3, 0.4) is 0 Å². The van der Waals surface area contributed by atoms with Gasteiger partial charge in [0, 0.05) is 6.92 Å². The van der Waals surface area contributed by atoms with Crippen LogP contribution in [0.5, 0.6) is 0 Å². The molecule has 1 aliphatic heterocycles. The lowest BCUT2D eigenvalue weighted by molar-refractivity contribution is -0.198. The van der Waals surface area contributed by atoms with Crippen molar-refractivity contribution in [2.75, 3.05) is 6.54 Å². The van der Waals surface area contributed by atoms with Crippen molar-refractivity contribution < 1.29 is 25.2 Å². The first kappa shape index (κ1) is 10.4. The lowest BCUT2D eigenvalue weighted by atomic mass is 10.0. The van der Waals surface area contributed by atoms with E-state index in [9.17, 15) is 20.1 Å². The molecule has 0 aromatic heterocycles. The van der Waals surface area contributed by atoms with Crippen molar-refractivity contribution in [3.05, 3.63) is 0 Å². The zero-order chi connectivity index (χ0) is 10.2. The number of piperidine rings is 1. The number of likely N-dealkylation sites (tertiary alicyclic amines) is 1. The summed E-state index contributed by atoms with van der Waals surface area (Å²) in [5.41, 5.74) is 0. The molecule has 0 unspecified atom stereocenters. The minimum Gasteiger partial charge on any atom is -0.388 e. The van der Waals surface area contributed by atoms with Gasteiger partial charge in [-0.3, -0.25) is 4.79 Å². The van der Waals surface area contributed by atoms with E-state index in [1.54, 1.807) is 0 Å². The summed E-state index contributed by atoms with van der Waals surface area (Å²) in [6.07, 6.45) is -5.60. The normalized spacial score (nSPS) is 40.5. The van der Waals surface area contributed by atoms with Crippen LogP contribution in [0.2, 0.25) is 0 Å². The molecule has 0 aliphatic carbocycles. The maximum Gasteiger partial charge on any atom is 0.221 e. The van der Waals surface area contributed by atoms with Crippen LogP contribution in [-0.4, -0.2) is 62.3 Å². The van der Waals surface area contributed by atoms with Gasteiger partial charge in [-0.2, -0.15) is 0 Å². The van der Waals surface area contributed by atoms with Crippen molar-refractivity contribution in [1.29, 1.82) is 0 Å². The lowest BCUT2D eigenvalue weighted by Gasteiger charge is -2.40. The number of carbonyl (C=O) groups excluding carboxylic acids is 1. The van der Waals surface area contributed by atoms with Crippen molar-refractivity contribution in [3.8, 4) is 0 Å².